The van der Waals surface area contributed by atoms with E-state index in [-0.39, 0.29) is 17.6 Å². The zero-order chi connectivity index (χ0) is 13.1. The monoisotopic (exact) mass is 267 g/mol. The van der Waals surface area contributed by atoms with Crippen LogP contribution >= 0.6 is 11.3 Å². The first kappa shape index (κ1) is 12.9. The maximum atomic E-state index is 13.5. The molecule has 1 saturated heterocycles. The van der Waals surface area contributed by atoms with Crippen molar-refractivity contribution >= 4 is 34.3 Å². The van der Waals surface area contributed by atoms with Crippen molar-refractivity contribution in [2.24, 2.45) is 0 Å². The summed E-state index contributed by atoms with van der Waals surface area (Å²) in [5.41, 5.74) is 0.231. The normalized spacial score (nSPS) is 19.2. The summed E-state index contributed by atoms with van der Waals surface area (Å²) in [7, 11) is 0. The molecule has 0 aliphatic carbocycles. The van der Waals surface area contributed by atoms with Crippen LogP contribution in [0.15, 0.2) is 12.7 Å². The second-order valence-electron chi connectivity index (χ2n) is 3.86. The van der Waals surface area contributed by atoms with Crippen LogP contribution in [0, 0.1) is 0 Å². The van der Waals surface area contributed by atoms with E-state index in [0.717, 1.165) is 13.0 Å². The van der Waals surface area contributed by atoms with Crippen molar-refractivity contribution in [2.75, 3.05) is 11.9 Å². The number of aromatic nitrogens is 1. The van der Waals surface area contributed by atoms with Gasteiger partial charge in [-0.15, -0.1) is 0 Å². The Kier molecular flexibility index (Phi) is 3.88. The Balaban J connectivity index is 2.16. The quantitative estimate of drug-likeness (QED) is 0.881. The zero-order valence-electron chi connectivity index (χ0n) is 10.00. The largest absolute Gasteiger partial charge is 0.306 e. The number of carbonyl (C=O) groups is 1. The SMILES string of the molecule is C=Cc1sc(NC(=O)C2CCN2)nc1/C(F)=C\C. The predicted octanol–water partition coefficient (Wildman–Crippen LogP) is 2.42. The number of rotatable bonds is 4. The summed E-state index contributed by atoms with van der Waals surface area (Å²) in [6.45, 7) is 6.06. The number of amides is 1. The molecule has 96 valence electrons. The molecular formula is C12H14FN3OS. The second kappa shape index (κ2) is 5.41. The number of nitrogens with one attached hydrogen (secondary N) is 2. The summed E-state index contributed by atoms with van der Waals surface area (Å²) in [6, 6.07) is -0.156. The van der Waals surface area contributed by atoms with Crippen LogP contribution in [-0.4, -0.2) is 23.5 Å². The molecule has 1 aliphatic heterocycles. The van der Waals surface area contributed by atoms with Gasteiger partial charge >= 0.3 is 0 Å². The molecule has 18 heavy (non-hydrogen) atoms. The standard InChI is InChI=1S/C12H14FN3OS/c1-3-7(13)10-9(4-2)18-12(15-10)16-11(17)8-5-6-14-8/h3-4,8,14H,2,5-6H2,1H3,(H,15,16,17)/b7-3+. The minimum Gasteiger partial charge on any atom is -0.306 e. The molecule has 1 aromatic rings. The molecular weight excluding hydrogens is 253 g/mol. The van der Waals surface area contributed by atoms with Gasteiger partial charge in [0.1, 0.15) is 11.5 Å². The molecule has 2 N–H and O–H groups in total. The van der Waals surface area contributed by atoms with Crippen LogP contribution < -0.4 is 10.6 Å². The molecule has 0 aromatic carbocycles. The fourth-order valence-electron chi connectivity index (χ4n) is 1.54. The molecule has 1 amide bonds. The Labute approximate surface area is 109 Å². The highest BCUT2D eigenvalue weighted by atomic mass is 32.1. The number of anilines is 1. The number of hydrogen-bond acceptors (Lipinski definition) is 4. The van der Waals surface area contributed by atoms with Gasteiger partial charge in [-0.25, -0.2) is 9.37 Å². The Bertz CT molecular complexity index is 505. The number of carbonyl (C=O) groups excluding carboxylic acids is 1. The van der Waals surface area contributed by atoms with Gasteiger partial charge in [0.2, 0.25) is 5.91 Å². The molecule has 4 nitrogen and oxygen atoms in total. The van der Waals surface area contributed by atoms with Crippen molar-refractivity contribution in [3.05, 3.63) is 23.2 Å². The Morgan fingerprint density at radius 1 is 1.72 bits per heavy atom. The summed E-state index contributed by atoms with van der Waals surface area (Å²) in [5.74, 6) is -0.540. The first-order valence-electron chi connectivity index (χ1n) is 5.65. The van der Waals surface area contributed by atoms with Crippen LogP contribution in [0.5, 0.6) is 0 Å². The lowest BCUT2D eigenvalue weighted by Gasteiger charge is -2.25. The molecule has 1 aromatic heterocycles. The summed E-state index contributed by atoms with van der Waals surface area (Å²) in [5, 5.41) is 6.07. The lowest BCUT2D eigenvalue weighted by Crippen LogP contribution is -2.50. The minimum atomic E-state index is -0.414. The number of nitrogens with zero attached hydrogens (tertiary/aromatic N) is 1. The van der Waals surface area contributed by atoms with E-state index in [1.165, 1.54) is 23.5 Å². The highest BCUT2D eigenvalue weighted by molar-refractivity contribution is 7.16. The smallest absolute Gasteiger partial charge is 0.243 e. The Morgan fingerprint density at radius 3 is 2.94 bits per heavy atom. The zero-order valence-corrected chi connectivity index (χ0v) is 10.8. The predicted molar refractivity (Wildman–Crippen MR) is 72.0 cm³/mol. The molecule has 1 atom stereocenters. The Hall–Kier alpha value is -1.53. The van der Waals surface area contributed by atoms with Gasteiger partial charge in [0, 0.05) is 0 Å². The van der Waals surface area contributed by atoms with E-state index in [1.54, 1.807) is 6.92 Å². The van der Waals surface area contributed by atoms with Gasteiger partial charge in [-0.3, -0.25) is 4.79 Å². The van der Waals surface area contributed by atoms with Gasteiger partial charge < -0.3 is 10.6 Å². The van der Waals surface area contributed by atoms with Gasteiger partial charge in [0.05, 0.1) is 10.9 Å². The molecule has 1 aliphatic rings. The van der Waals surface area contributed by atoms with E-state index in [0.29, 0.717) is 10.0 Å². The average Bonchev–Trinajstić information content (AvgIpc) is 2.68. The maximum absolute atomic E-state index is 13.5. The van der Waals surface area contributed by atoms with Crippen LogP contribution in [-0.2, 0) is 4.79 Å². The molecule has 1 fully saturated rings. The molecule has 0 spiro atoms. The van der Waals surface area contributed by atoms with E-state index in [9.17, 15) is 9.18 Å². The average molecular weight is 267 g/mol. The lowest BCUT2D eigenvalue weighted by molar-refractivity contribution is -0.119. The molecule has 2 heterocycles. The van der Waals surface area contributed by atoms with Crippen molar-refractivity contribution in [3.8, 4) is 0 Å². The molecule has 1 unspecified atom stereocenters. The van der Waals surface area contributed by atoms with E-state index in [2.05, 4.69) is 22.2 Å². The first-order chi connectivity index (χ1) is 8.65. The van der Waals surface area contributed by atoms with Gasteiger partial charge in [0.15, 0.2) is 5.13 Å². The van der Waals surface area contributed by atoms with Gasteiger partial charge in [-0.2, -0.15) is 0 Å². The van der Waals surface area contributed by atoms with Crippen LogP contribution in [0.3, 0.4) is 0 Å². The molecule has 0 radical (unpaired) electrons. The highest BCUT2D eigenvalue weighted by Crippen LogP contribution is 2.29. The maximum Gasteiger partial charge on any atom is 0.243 e. The van der Waals surface area contributed by atoms with Crippen molar-refractivity contribution in [1.82, 2.24) is 10.3 Å². The molecule has 0 saturated carbocycles. The number of halogens is 1. The van der Waals surface area contributed by atoms with Gasteiger partial charge in [0.25, 0.3) is 0 Å². The third-order valence-corrected chi connectivity index (χ3v) is 3.66. The van der Waals surface area contributed by atoms with Gasteiger partial charge in [-0.1, -0.05) is 17.9 Å². The van der Waals surface area contributed by atoms with Crippen LogP contribution in [0.25, 0.3) is 11.9 Å². The summed E-state index contributed by atoms with van der Waals surface area (Å²) in [4.78, 5) is 16.4. The topological polar surface area (TPSA) is 54.0 Å². The van der Waals surface area contributed by atoms with Crippen molar-refractivity contribution < 1.29 is 9.18 Å². The molecule has 0 bridgehead atoms. The van der Waals surface area contributed by atoms with Crippen LogP contribution in [0.4, 0.5) is 9.52 Å². The lowest BCUT2D eigenvalue weighted by atomic mass is 10.1. The molecule has 2 rings (SSSR count). The summed E-state index contributed by atoms with van der Waals surface area (Å²) >= 11 is 1.21. The van der Waals surface area contributed by atoms with Crippen molar-refractivity contribution in [2.45, 2.75) is 19.4 Å². The number of allylic oxidation sites excluding steroid dienone is 1. The number of thiazole rings is 1. The third-order valence-electron chi connectivity index (χ3n) is 2.69. The number of hydrogen-bond donors (Lipinski definition) is 2. The Morgan fingerprint density at radius 2 is 2.44 bits per heavy atom. The van der Waals surface area contributed by atoms with E-state index in [1.807, 2.05) is 0 Å². The highest BCUT2D eigenvalue weighted by Gasteiger charge is 2.25. The summed E-state index contributed by atoms with van der Waals surface area (Å²) in [6.07, 6.45) is 3.69. The molecule has 6 heteroatoms. The summed E-state index contributed by atoms with van der Waals surface area (Å²) < 4.78 is 13.5. The van der Waals surface area contributed by atoms with Crippen LogP contribution in [0.2, 0.25) is 0 Å². The van der Waals surface area contributed by atoms with Gasteiger partial charge in [-0.05, 0) is 32.0 Å². The van der Waals surface area contributed by atoms with Crippen molar-refractivity contribution in [1.29, 1.82) is 0 Å². The van der Waals surface area contributed by atoms with E-state index < -0.39 is 5.83 Å². The van der Waals surface area contributed by atoms with E-state index >= 15 is 0 Å². The van der Waals surface area contributed by atoms with E-state index in [4.69, 9.17) is 0 Å². The first-order valence-corrected chi connectivity index (χ1v) is 6.47. The third kappa shape index (κ3) is 2.49. The van der Waals surface area contributed by atoms with Crippen LogP contribution in [0.1, 0.15) is 23.9 Å². The van der Waals surface area contributed by atoms with Crippen molar-refractivity contribution in [3.63, 3.8) is 0 Å². The minimum absolute atomic E-state index is 0.127. The second-order valence-corrected chi connectivity index (χ2v) is 4.89. The fraction of sp³-hybridized carbons (Fsp3) is 0.333. The fourth-order valence-corrected chi connectivity index (χ4v) is 2.36.